The highest BCUT2D eigenvalue weighted by atomic mass is 19.1. The average Bonchev–Trinajstić information content (AvgIpc) is 3.01. The molecule has 0 unspecified atom stereocenters. The van der Waals surface area contributed by atoms with E-state index >= 15 is 8.78 Å². The first-order chi connectivity index (χ1) is 21.5. The number of aromatic hydroxyl groups is 1. The largest absolute Gasteiger partial charge is 0.504 e. The van der Waals surface area contributed by atoms with Gasteiger partial charge in [0.15, 0.2) is 11.5 Å². The van der Waals surface area contributed by atoms with Crippen molar-refractivity contribution in [1.29, 1.82) is 5.41 Å². The summed E-state index contributed by atoms with van der Waals surface area (Å²) >= 11 is 0. The number of halogens is 2. The number of nitrogens with one attached hydrogen (secondary N) is 1. The number of phenols is 1. The first-order valence-corrected chi connectivity index (χ1v) is 13.6. The Morgan fingerprint density at radius 1 is 0.911 bits per heavy atom. The summed E-state index contributed by atoms with van der Waals surface area (Å²) in [6, 6.07) is 15.8. The van der Waals surface area contributed by atoms with Gasteiger partial charge >= 0.3 is 5.97 Å². The van der Waals surface area contributed by atoms with Crippen molar-refractivity contribution >= 4 is 17.7 Å². The molecule has 0 atom stereocenters. The van der Waals surface area contributed by atoms with Crippen molar-refractivity contribution in [2.24, 2.45) is 5.73 Å². The molecule has 0 bridgehead atoms. The van der Waals surface area contributed by atoms with Gasteiger partial charge in [0.1, 0.15) is 17.3 Å². The maximum absolute atomic E-state index is 15.9. The van der Waals surface area contributed by atoms with Crippen LogP contribution in [0.5, 0.6) is 40.5 Å². The summed E-state index contributed by atoms with van der Waals surface area (Å²) in [5.41, 5.74) is 6.55. The summed E-state index contributed by atoms with van der Waals surface area (Å²) in [5.74, 6) is -7.10. The number of esters is 1. The Bertz CT molecular complexity index is 1750. The second-order valence-corrected chi connectivity index (χ2v) is 9.76. The van der Waals surface area contributed by atoms with E-state index in [2.05, 4.69) is 4.98 Å². The topological polar surface area (TPSA) is 157 Å². The fourth-order valence-electron chi connectivity index (χ4n) is 4.00. The number of nitrogens with two attached hydrogens (primary N) is 1. The second kappa shape index (κ2) is 14.2. The number of aryl methyl sites for hydroxylation is 1. The zero-order chi connectivity index (χ0) is 32.7. The van der Waals surface area contributed by atoms with Crippen LogP contribution in [-0.2, 0) is 16.0 Å². The molecule has 0 aliphatic rings. The number of benzene rings is 3. The third-order valence-electron chi connectivity index (χ3n) is 6.20. The van der Waals surface area contributed by atoms with Crippen LogP contribution < -0.4 is 19.9 Å². The van der Waals surface area contributed by atoms with Crippen molar-refractivity contribution in [1.82, 2.24) is 9.88 Å². The first-order valence-electron chi connectivity index (χ1n) is 13.6. The highest BCUT2D eigenvalue weighted by molar-refractivity contribution is 5.95. The molecule has 0 spiro atoms. The molecule has 0 saturated heterocycles. The smallest absolute Gasteiger partial charge is 0.306 e. The minimum atomic E-state index is -1.37. The van der Waals surface area contributed by atoms with E-state index in [4.69, 9.17) is 30.1 Å². The number of nitrogens with zero attached hydrogens (tertiary/aromatic N) is 2. The van der Waals surface area contributed by atoms with E-state index in [9.17, 15) is 14.7 Å². The monoisotopic (exact) mass is 620 g/mol. The summed E-state index contributed by atoms with van der Waals surface area (Å²) in [7, 11) is 3.12. The Morgan fingerprint density at radius 2 is 1.58 bits per heavy atom. The molecule has 0 fully saturated rings. The van der Waals surface area contributed by atoms with Crippen LogP contribution in [-0.4, -0.2) is 53.4 Å². The minimum absolute atomic E-state index is 0.00000450. The van der Waals surface area contributed by atoms with E-state index in [1.54, 1.807) is 33.2 Å². The molecule has 1 amide bonds. The molecular weight excluding hydrogens is 590 g/mol. The molecule has 1 heterocycles. The Hall–Kier alpha value is -5.72. The van der Waals surface area contributed by atoms with Crippen molar-refractivity contribution in [3.8, 4) is 40.5 Å². The van der Waals surface area contributed by atoms with Crippen LogP contribution in [0.2, 0.25) is 0 Å². The number of hydrogen-bond donors (Lipinski definition) is 3. The van der Waals surface area contributed by atoms with Crippen LogP contribution in [0.1, 0.15) is 34.8 Å². The first kappa shape index (κ1) is 32.2. The van der Waals surface area contributed by atoms with Crippen LogP contribution in [0.3, 0.4) is 0 Å². The highest BCUT2D eigenvalue weighted by Gasteiger charge is 2.27. The number of carbonyl (C=O) groups excluding carboxylic acids is 2. The lowest BCUT2D eigenvalue weighted by Crippen LogP contribution is -2.21. The molecule has 0 saturated carbocycles. The van der Waals surface area contributed by atoms with Gasteiger partial charge in [-0.3, -0.25) is 15.0 Å². The number of rotatable bonds is 12. The van der Waals surface area contributed by atoms with Gasteiger partial charge < -0.3 is 34.7 Å². The molecule has 13 heteroatoms. The zero-order valence-corrected chi connectivity index (χ0v) is 24.6. The summed E-state index contributed by atoms with van der Waals surface area (Å²) in [4.78, 5) is 29.4. The molecule has 0 radical (unpaired) electrons. The van der Waals surface area contributed by atoms with E-state index in [1.807, 2.05) is 0 Å². The zero-order valence-electron chi connectivity index (χ0n) is 24.6. The fraction of sp³-hybridized carbons (Fsp3) is 0.188. The molecule has 234 valence electrons. The molecule has 4 N–H and O–H groups in total. The number of nitrogen functional groups attached to an aromatic ring is 1. The van der Waals surface area contributed by atoms with E-state index < -0.39 is 40.9 Å². The van der Waals surface area contributed by atoms with E-state index in [0.717, 1.165) is 0 Å². The SMILES string of the molecule is CCOC(=O)CCc1cccc(Oc2c(F)c(Oc3cccc(C(=O)N(C)C)c3)nc(Oc3cc(C(=N)N)ccc3O)c2F)c1. The van der Waals surface area contributed by atoms with Gasteiger partial charge in [-0.15, -0.1) is 0 Å². The van der Waals surface area contributed by atoms with Crippen molar-refractivity contribution < 1.29 is 42.4 Å². The van der Waals surface area contributed by atoms with Gasteiger partial charge in [0.2, 0.25) is 17.4 Å². The second-order valence-electron chi connectivity index (χ2n) is 9.76. The van der Waals surface area contributed by atoms with Gasteiger partial charge in [-0.1, -0.05) is 18.2 Å². The average molecular weight is 621 g/mol. The number of aromatic nitrogens is 1. The van der Waals surface area contributed by atoms with Gasteiger partial charge in [0, 0.05) is 31.6 Å². The number of pyridine rings is 1. The van der Waals surface area contributed by atoms with E-state index in [1.165, 1.54) is 59.5 Å². The minimum Gasteiger partial charge on any atom is -0.504 e. The fourth-order valence-corrected chi connectivity index (χ4v) is 4.00. The van der Waals surface area contributed by atoms with Crippen molar-refractivity contribution in [2.45, 2.75) is 19.8 Å². The lowest BCUT2D eigenvalue weighted by Gasteiger charge is -2.16. The van der Waals surface area contributed by atoms with Crippen LogP contribution in [0.15, 0.2) is 66.7 Å². The summed E-state index contributed by atoms with van der Waals surface area (Å²) in [5, 5.41) is 18.0. The van der Waals surface area contributed by atoms with Crippen LogP contribution in [0.25, 0.3) is 0 Å². The normalized spacial score (nSPS) is 10.6. The Labute approximate surface area is 257 Å². The van der Waals surface area contributed by atoms with Crippen LogP contribution >= 0.6 is 0 Å². The Balaban J connectivity index is 1.75. The van der Waals surface area contributed by atoms with Gasteiger partial charge in [-0.25, -0.2) is 0 Å². The molecular formula is C32H30F2N4O7. The van der Waals surface area contributed by atoms with Crippen molar-refractivity contribution in [2.75, 3.05) is 20.7 Å². The van der Waals surface area contributed by atoms with Crippen molar-refractivity contribution in [3.63, 3.8) is 0 Å². The number of hydrogen-bond acceptors (Lipinski definition) is 9. The lowest BCUT2D eigenvalue weighted by molar-refractivity contribution is -0.143. The van der Waals surface area contributed by atoms with E-state index in [0.29, 0.717) is 5.56 Å². The van der Waals surface area contributed by atoms with E-state index in [-0.39, 0.29) is 59.6 Å². The molecule has 11 nitrogen and oxygen atoms in total. The molecule has 4 rings (SSSR count). The predicted octanol–water partition coefficient (Wildman–Crippen LogP) is 5.92. The predicted molar refractivity (Wildman–Crippen MR) is 159 cm³/mol. The van der Waals surface area contributed by atoms with Crippen LogP contribution in [0.4, 0.5) is 8.78 Å². The Kier molecular flexibility index (Phi) is 10.1. The lowest BCUT2D eigenvalue weighted by atomic mass is 10.1. The number of carbonyl (C=O) groups is 2. The third kappa shape index (κ3) is 8.02. The summed E-state index contributed by atoms with van der Waals surface area (Å²) in [6.07, 6.45) is 0.372. The standard InChI is InChI=1S/C32H30F2N4O7/c1-4-42-25(40)14-11-18-7-5-9-21(15-18)43-28-26(33)30(44-22-10-6-8-20(16-22)32(41)38(2)3)37-31(27(28)34)45-24-17-19(29(35)36)12-13-23(24)39/h5-10,12-13,15-17,39H,4,11,14H2,1-3H3,(H3,35,36). The van der Waals surface area contributed by atoms with Crippen molar-refractivity contribution in [3.05, 3.63) is 95.1 Å². The Morgan fingerprint density at radius 3 is 2.24 bits per heavy atom. The van der Waals surface area contributed by atoms with Gasteiger partial charge in [-0.05, 0) is 67.4 Å². The molecule has 0 aliphatic carbocycles. The maximum atomic E-state index is 15.9. The van der Waals surface area contributed by atoms with Gasteiger partial charge in [0.25, 0.3) is 17.7 Å². The molecule has 4 aromatic rings. The van der Waals surface area contributed by atoms with Crippen LogP contribution in [0, 0.1) is 17.0 Å². The van der Waals surface area contributed by atoms with Gasteiger partial charge in [0.05, 0.1) is 6.61 Å². The van der Waals surface area contributed by atoms with Gasteiger partial charge in [-0.2, -0.15) is 13.8 Å². The molecule has 0 aliphatic heterocycles. The quantitative estimate of drug-likeness (QED) is 0.0993. The summed E-state index contributed by atoms with van der Waals surface area (Å²) in [6.45, 7) is 1.94. The molecule has 1 aromatic heterocycles. The molecule has 3 aromatic carbocycles. The third-order valence-corrected chi connectivity index (χ3v) is 6.20. The maximum Gasteiger partial charge on any atom is 0.306 e. The number of amides is 1. The number of phenolic OH excluding ortho intramolecular Hbond substituents is 1. The number of amidine groups is 1. The number of ether oxygens (including phenoxy) is 4. The highest BCUT2D eigenvalue weighted by Crippen LogP contribution is 2.41. The molecule has 45 heavy (non-hydrogen) atoms. The summed E-state index contributed by atoms with van der Waals surface area (Å²) < 4.78 is 53.4.